The van der Waals surface area contributed by atoms with Crippen LogP contribution in [0.3, 0.4) is 0 Å². The average Bonchev–Trinajstić information content (AvgIpc) is 3.31. The van der Waals surface area contributed by atoms with E-state index in [1.807, 2.05) is 6.92 Å². The molecule has 2 heterocycles. The van der Waals surface area contributed by atoms with Gasteiger partial charge in [0.1, 0.15) is 17.6 Å². The SMILES string of the molecule is CC[C@H](C(=O)NCc1ccco1)n1c(=O)n(-c2ccc(F)c(Cl)c2)c(=O)c2cc(C)ccc21. The Kier molecular flexibility index (Phi) is 6.20. The van der Waals surface area contributed by atoms with Crippen LogP contribution in [-0.4, -0.2) is 15.0 Å². The van der Waals surface area contributed by atoms with Crippen molar-refractivity contribution in [2.75, 3.05) is 0 Å². The van der Waals surface area contributed by atoms with E-state index in [9.17, 15) is 18.8 Å². The normalized spacial score (nSPS) is 12.1. The average molecular weight is 470 g/mol. The Hall–Kier alpha value is -3.65. The van der Waals surface area contributed by atoms with Gasteiger partial charge in [0, 0.05) is 0 Å². The summed E-state index contributed by atoms with van der Waals surface area (Å²) in [6, 6.07) is 11.2. The summed E-state index contributed by atoms with van der Waals surface area (Å²) >= 11 is 5.91. The topological polar surface area (TPSA) is 86.2 Å². The number of hydrogen-bond acceptors (Lipinski definition) is 4. The molecule has 0 aliphatic rings. The molecule has 2 aromatic heterocycles. The van der Waals surface area contributed by atoms with E-state index in [1.54, 1.807) is 37.3 Å². The maximum absolute atomic E-state index is 13.7. The molecular weight excluding hydrogens is 449 g/mol. The summed E-state index contributed by atoms with van der Waals surface area (Å²) in [6.07, 6.45) is 1.79. The van der Waals surface area contributed by atoms with Gasteiger partial charge in [0.15, 0.2) is 0 Å². The lowest BCUT2D eigenvalue weighted by Crippen LogP contribution is -2.44. The third-order valence-electron chi connectivity index (χ3n) is 5.42. The number of carbonyl (C=O) groups excluding carboxylic acids is 1. The number of nitrogens with zero attached hydrogens (tertiary/aromatic N) is 2. The standard InChI is InChI=1S/C24H21ClFN3O4/c1-3-20(22(30)27-13-16-5-4-10-33-16)29-21-9-6-14(2)11-17(21)23(31)28(24(29)32)15-7-8-19(26)18(25)12-15/h4-12,20H,3,13H2,1-2H3,(H,27,30)/t20-/m1/s1. The van der Waals surface area contributed by atoms with Crippen LogP contribution < -0.4 is 16.6 Å². The van der Waals surface area contributed by atoms with Crippen molar-refractivity contribution in [2.45, 2.75) is 32.9 Å². The van der Waals surface area contributed by atoms with Crippen molar-refractivity contribution >= 4 is 28.4 Å². The second kappa shape index (κ2) is 9.07. The van der Waals surface area contributed by atoms with E-state index in [4.69, 9.17) is 16.0 Å². The number of aromatic nitrogens is 2. The summed E-state index contributed by atoms with van der Waals surface area (Å²) in [7, 11) is 0. The van der Waals surface area contributed by atoms with E-state index in [0.29, 0.717) is 11.3 Å². The highest BCUT2D eigenvalue weighted by Gasteiger charge is 2.25. The summed E-state index contributed by atoms with van der Waals surface area (Å²) in [5, 5.41) is 2.81. The lowest BCUT2D eigenvalue weighted by atomic mass is 10.1. The van der Waals surface area contributed by atoms with Crippen molar-refractivity contribution in [3.63, 3.8) is 0 Å². The first kappa shape index (κ1) is 22.5. The number of fused-ring (bicyclic) bond motifs is 1. The van der Waals surface area contributed by atoms with Crippen molar-refractivity contribution in [1.29, 1.82) is 0 Å². The van der Waals surface area contributed by atoms with Crippen molar-refractivity contribution in [1.82, 2.24) is 14.5 Å². The van der Waals surface area contributed by atoms with Crippen LogP contribution in [0.5, 0.6) is 0 Å². The second-order valence-corrected chi connectivity index (χ2v) is 8.04. The molecule has 4 aromatic rings. The minimum Gasteiger partial charge on any atom is -0.467 e. The van der Waals surface area contributed by atoms with Crippen LogP contribution in [0.25, 0.3) is 16.6 Å². The summed E-state index contributed by atoms with van der Waals surface area (Å²) in [6.45, 7) is 3.75. The van der Waals surface area contributed by atoms with Gasteiger partial charge in [-0.15, -0.1) is 0 Å². The zero-order valence-electron chi connectivity index (χ0n) is 18.0. The van der Waals surface area contributed by atoms with Crippen LogP contribution in [0.2, 0.25) is 5.02 Å². The number of amides is 1. The molecule has 0 saturated heterocycles. The number of carbonyl (C=O) groups is 1. The first-order chi connectivity index (χ1) is 15.8. The third-order valence-corrected chi connectivity index (χ3v) is 5.71. The zero-order valence-corrected chi connectivity index (χ0v) is 18.7. The zero-order chi connectivity index (χ0) is 23.7. The van der Waals surface area contributed by atoms with Gasteiger partial charge in [0.2, 0.25) is 5.91 Å². The van der Waals surface area contributed by atoms with Gasteiger partial charge < -0.3 is 9.73 Å². The van der Waals surface area contributed by atoms with Crippen LogP contribution in [-0.2, 0) is 11.3 Å². The van der Waals surface area contributed by atoms with E-state index in [2.05, 4.69) is 5.32 Å². The minimum absolute atomic E-state index is 0.111. The van der Waals surface area contributed by atoms with Gasteiger partial charge in [-0.05, 0) is 55.8 Å². The first-order valence-electron chi connectivity index (χ1n) is 10.3. The van der Waals surface area contributed by atoms with Gasteiger partial charge in [-0.3, -0.25) is 14.2 Å². The molecule has 1 atom stereocenters. The van der Waals surface area contributed by atoms with Crippen LogP contribution in [0.15, 0.2) is 68.8 Å². The summed E-state index contributed by atoms with van der Waals surface area (Å²) in [5.41, 5.74) is -0.0502. The number of aryl methyl sites for hydroxylation is 1. The Labute approximate surface area is 193 Å². The van der Waals surface area contributed by atoms with Gasteiger partial charge >= 0.3 is 5.69 Å². The molecule has 4 rings (SSSR count). The van der Waals surface area contributed by atoms with Crippen molar-refractivity contribution in [3.8, 4) is 5.69 Å². The lowest BCUT2D eigenvalue weighted by Gasteiger charge is -2.21. The Morgan fingerprint density at radius 1 is 1.18 bits per heavy atom. The van der Waals surface area contributed by atoms with Gasteiger partial charge in [-0.1, -0.05) is 30.2 Å². The van der Waals surface area contributed by atoms with E-state index in [-0.39, 0.29) is 29.1 Å². The molecule has 9 heteroatoms. The molecule has 0 aliphatic heterocycles. The Morgan fingerprint density at radius 3 is 2.64 bits per heavy atom. The summed E-state index contributed by atoms with van der Waals surface area (Å²) in [5.74, 6) is -0.508. The Bertz CT molecular complexity index is 1460. The molecule has 33 heavy (non-hydrogen) atoms. The van der Waals surface area contributed by atoms with Crippen LogP contribution in [0.1, 0.15) is 30.7 Å². The molecule has 0 spiro atoms. The largest absolute Gasteiger partial charge is 0.467 e. The van der Waals surface area contributed by atoms with Gasteiger partial charge in [0.25, 0.3) is 5.56 Å². The molecule has 170 valence electrons. The van der Waals surface area contributed by atoms with Crippen LogP contribution >= 0.6 is 11.6 Å². The Morgan fingerprint density at radius 2 is 1.97 bits per heavy atom. The second-order valence-electron chi connectivity index (χ2n) is 7.63. The van der Waals surface area contributed by atoms with Crippen LogP contribution in [0.4, 0.5) is 4.39 Å². The van der Waals surface area contributed by atoms with E-state index >= 15 is 0 Å². The molecule has 0 fully saturated rings. The molecule has 0 aliphatic carbocycles. The molecule has 1 amide bonds. The quantitative estimate of drug-likeness (QED) is 0.460. The highest BCUT2D eigenvalue weighted by Crippen LogP contribution is 2.21. The lowest BCUT2D eigenvalue weighted by molar-refractivity contribution is -0.124. The highest BCUT2D eigenvalue weighted by molar-refractivity contribution is 6.30. The van der Waals surface area contributed by atoms with Crippen molar-refractivity contribution in [2.24, 2.45) is 0 Å². The van der Waals surface area contributed by atoms with Crippen molar-refractivity contribution in [3.05, 3.63) is 97.8 Å². The van der Waals surface area contributed by atoms with Gasteiger partial charge in [0.05, 0.1) is 34.4 Å². The van der Waals surface area contributed by atoms with E-state index < -0.39 is 29.0 Å². The molecule has 0 bridgehead atoms. The van der Waals surface area contributed by atoms with Gasteiger partial charge in [-0.25, -0.2) is 13.8 Å². The summed E-state index contributed by atoms with van der Waals surface area (Å²) in [4.78, 5) is 40.0. The number of rotatable bonds is 6. The fraction of sp³-hybridized carbons (Fsp3) is 0.208. The van der Waals surface area contributed by atoms with E-state index in [0.717, 1.165) is 16.2 Å². The monoisotopic (exact) mass is 469 g/mol. The minimum atomic E-state index is -0.902. The molecule has 0 unspecified atom stereocenters. The number of nitrogens with one attached hydrogen (secondary N) is 1. The maximum Gasteiger partial charge on any atom is 0.336 e. The molecule has 7 nitrogen and oxygen atoms in total. The van der Waals surface area contributed by atoms with Gasteiger partial charge in [-0.2, -0.15) is 0 Å². The molecule has 2 aromatic carbocycles. The molecule has 0 saturated carbocycles. The number of hydrogen-bond donors (Lipinski definition) is 1. The molecule has 1 N–H and O–H groups in total. The Balaban J connectivity index is 1.92. The highest BCUT2D eigenvalue weighted by atomic mass is 35.5. The van der Waals surface area contributed by atoms with Crippen LogP contribution in [0, 0.1) is 12.7 Å². The number of furan rings is 1. The first-order valence-corrected chi connectivity index (χ1v) is 10.7. The summed E-state index contributed by atoms with van der Waals surface area (Å²) < 4.78 is 21.2. The fourth-order valence-electron chi connectivity index (χ4n) is 3.79. The van der Waals surface area contributed by atoms with E-state index in [1.165, 1.54) is 23.0 Å². The maximum atomic E-state index is 13.7. The molecule has 0 radical (unpaired) electrons. The fourth-order valence-corrected chi connectivity index (χ4v) is 3.97. The predicted molar refractivity (Wildman–Crippen MR) is 123 cm³/mol. The molecular formula is C24H21ClFN3O4. The predicted octanol–water partition coefficient (Wildman–Crippen LogP) is 4.11. The van der Waals surface area contributed by atoms with Crippen molar-refractivity contribution < 1.29 is 13.6 Å². The third kappa shape index (κ3) is 4.21. The smallest absolute Gasteiger partial charge is 0.336 e. The number of benzene rings is 2. The number of halogens is 2.